The van der Waals surface area contributed by atoms with Crippen LogP contribution in [0.1, 0.15) is 10.5 Å². The molecular formula is C9H6ClN3O2. The number of aromatic carboxylic acids is 1. The number of hydrogen-bond donors (Lipinski definition) is 2. The summed E-state index contributed by atoms with van der Waals surface area (Å²) >= 11 is 5.68. The van der Waals surface area contributed by atoms with Gasteiger partial charge in [-0.25, -0.2) is 9.78 Å². The number of nitrogens with one attached hydrogen (secondary N) is 1. The summed E-state index contributed by atoms with van der Waals surface area (Å²) in [6.45, 7) is 0. The second-order valence-electron chi connectivity index (χ2n) is 2.79. The van der Waals surface area contributed by atoms with Crippen LogP contribution in [-0.4, -0.2) is 26.0 Å². The highest BCUT2D eigenvalue weighted by atomic mass is 35.5. The Labute approximate surface area is 89.8 Å². The van der Waals surface area contributed by atoms with Gasteiger partial charge in [0.2, 0.25) is 0 Å². The molecule has 2 aromatic heterocycles. The van der Waals surface area contributed by atoms with E-state index in [1.807, 2.05) is 0 Å². The standard InChI is InChI=1S/C9H6ClN3O2/c10-7-6(9(14)15)12-8(13-7)5-1-3-11-4-2-5/h1-4H,(H,12,13)(H,14,15). The van der Waals surface area contributed by atoms with Crippen LogP contribution in [0.15, 0.2) is 24.5 Å². The molecule has 0 unspecified atom stereocenters. The van der Waals surface area contributed by atoms with Crippen LogP contribution >= 0.6 is 11.6 Å². The molecule has 0 bridgehead atoms. The van der Waals surface area contributed by atoms with Gasteiger partial charge in [0.1, 0.15) is 11.0 Å². The highest BCUT2D eigenvalue weighted by molar-refractivity contribution is 6.32. The van der Waals surface area contributed by atoms with Gasteiger partial charge in [0.15, 0.2) is 5.69 Å². The molecule has 2 N–H and O–H groups in total. The molecule has 5 nitrogen and oxygen atoms in total. The number of pyridine rings is 1. The molecule has 15 heavy (non-hydrogen) atoms. The van der Waals surface area contributed by atoms with Crippen LogP contribution in [0.2, 0.25) is 5.15 Å². The fourth-order valence-electron chi connectivity index (χ4n) is 1.14. The van der Waals surface area contributed by atoms with E-state index in [0.29, 0.717) is 5.82 Å². The Morgan fingerprint density at radius 3 is 2.60 bits per heavy atom. The molecule has 0 aliphatic heterocycles. The maximum atomic E-state index is 10.7. The first-order valence-corrected chi connectivity index (χ1v) is 4.45. The third-order valence-corrected chi connectivity index (χ3v) is 2.09. The van der Waals surface area contributed by atoms with E-state index in [-0.39, 0.29) is 10.8 Å². The summed E-state index contributed by atoms with van der Waals surface area (Å²) < 4.78 is 0. The van der Waals surface area contributed by atoms with Crippen molar-refractivity contribution in [2.24, 2.45) is 0 Å². The highest BCUT2D eigenvalue weighted by Crippen LogP contribution is 2.20. The van der Waals surface area contributed by atoms with Gasteiger partial charge >= 0.3 is 5.97 Å². The van der Waals surface area contributed by atoms with Crippen LogP contribution in [0.4, 0.5) is 0 Å². The van der Waals surface area contributed by atoms with Gasteiger partial charge in [-0.05, 0) is 12.1 Å². The molecule has 6 heteroatoms. The lowest BCUT2D eigenvalue weighted by molar-refractivity contribution is 0.0691. The van der Waals surface area contributed by atoms with Crippen molar-refractivity contribution >= 4 is 17.6 Å². The smallest absolute Gasteiger partial charge is 0.357 e. The predicted octanol–water partition coefficient (Wildman–Crippen LogP) is 1.82. The number of carboxylic acids is 1. The van der Waals surface area contributed by atoms with Crippen LogP contribution in [0, 0.1) is 0 Å². The number of carbonyl (C=O) groups is 1. The number of halogens is 1. The number of nitrogens with zero attached hydrogens (tertiary/aromatic N) is 2. The van der Waals surface area contributed by atoms with Crippen molar-refractivity contribution in [1.29, 1.82) is 0 Å². The van der Waals surface area contributed by atoms with E-state index >= 15 is 0 Å². The van der Waals surface area contributed by atoms with Crippen molar-refractivity contribution in [3.8, 4) is 11.4 Å². The summed E-state index contributed by atoms with van der Waals surface area (Å²) in [7, 11) is 0. The van der Waals surface area contributed by atoms with Gasteiger partial charge < -0.3 is 10.1 Å². The molecule has 0 aliphatic rings. The summed E-state index contributed by atoms with van der Waals surface area (Å²) in [5.74, 6) is -0.739. The Morgan fingerprint density at radius 2 is 2.07 bits per heavy atom. The van der Waals surface area contributed by atoms with Crippen LogP contribution in [-0.2, 0) is 0 Å². The maximum absolute atomic E-state index is 10.7. The minimum absolute atomic E-state index is 0.0225. The Balaban J connectivity index is 2.48. The molecule has 0 amide bonds. The molecule has 0 atom stereocenters. The molecule has 0 spiro atoms. The number of hydrogen-bond acceptors (Lipinski definition) is 3. The van der Waals surface area contributed by atoms with Crippen LogP contribution < -0.4 is 0 Å². The monoisotopic (exact) mass is 223 g/mol. The zero-order valence-electron chi connectivity index (χ0n) is 7.44. The van der Waals surface area contributed by atoms with E-state index in [1.54, 1.807) is 24.5 Å². The van der Waals surface area contributed by atoms with E-state index in [9.17, 15) is 4.79 Å². The molecule has 2 heterocycles. The van der Waals surface area contributed by atoms with Gasteiger partial charge in [0.05, 0.1) is 0 Å². The first kappa shape index (κ1) is 9.67. The summed E-state index contributed by atoms with van der Waals surface area (Å²) in [5, 5.41) is 8.77. The lowest BCUT2D eigenvalue weighted by Crippen LogP contribution is -1.96. The number of aromatic amines is 1. The molecule has 0 fully saturated rings. The van der Waals surface area contributed by atoms with Gasteiger partial charge in [-0.15, -0.1) is 0 Å². The Bertz CT molecular complexity index is 495. The fraction of sp³-hybridized carbons (Fsp3) is 0. The van der Waals surface area contributed by atoms with Crippen molar-refractivity contribution in [2.45, 2.75) is 0 Å². The van der Waals surface area contributed by atoms with E-state index < -0.39 is 5.97 Å². The zero-order valence-corrected chi connectivity index (χ0v) is 8.19. The summed E-state index contributed by atoms with van der Waals surface area (Å²) in [6, 6.07) is 3.42. The van der Waals surface area contributed by atoms with Gasteiger partial charge in [0.25, 0.3) is 0 Å². The van der Waals surface area contributed by atoms with Crippen LogP contribution in [0.25, 0.3) is 11.4 Å². The second-order valence-corrected chi connectivity index (χ2v) is 3.17. The first-order chi connectivity index (χ1) is 7.18. The van der Waals surface area contributed by atoms with Gasteiger partial charge in [-0.1, -0.05) is 11.6 Å². The zero-order chi connectivity index (χ0) is 10.8. The van der Waals surface area contributed by atoms with E-state index in [1.165, 1.54) is 0 Å². The summed E-state index contributed by atoms with van der Waals surface area (Å²) in [5.41, 5.74) is 0.558. The second kappa shape index (κ2) is 3.70. The fourth-order valence-corrected chi connectivity index (χ4v) is 1.35. The number of rotatable bonds is 2. The Kier molecular flexibility index (Phi) is 2.39. The topological polar surface area (TPSA) is 78.9 Å². The Morgan fingerprint density at radius 1 is 1.40 bits per heavy atom. The van der Waals surface area contributed by atoms with Gasteiger partial charge in [-0.2, -0.15) is 0 Å². The van der Waals surface area contributed by atoms with E-state index in [2.05, 4.69) is 15.0 Å². The van der Waals surface area contributed by atoms with Crippen molar-refractivity contribution in [3.63, 3.8) is 0 Å². The van der Waals surface area contributed by atoms with E-state index in [4.69, 9.17) is 16.7 Å². The van der Waals surface area contributed by atoms with Gasteiger partial charge in [-0.3, -0.25) is 4.98 Å². The predicted molar refractivity (Wildman–Crippen MR) is 53.8 cm³/mol. The number of aromatic nitrogens is 3. The third-order valence-electron chi connectivity index (χ3n) is 1.82. The van der Waals surface area contributed by atoms with Gasteiger partial charge in [0, 0.05) is 18.0 Å². The molecule has 0 aliphatic carbocycles. The number of H-pyrrole nitrogens is 1. The number of imidazole rings is 1. The van der Waals surface area contributed by atoms with Crippen molar-refractivity contribution in [3.05, 3.63) is 35.4 Å². The normalized spacial score (nSPS) is 10.2. The van der Waals surface area contributed by atoms with Crippen molar-refractivity contribution < 1.29 is 9.90 Å². The molecule has 2 rings (SSSR count). The molecule has 0 aromatic carbocycles. The van der Waals surface area contributed by atoms with E-state index in [0.717, 1.165) is 5.56 Å². The Hall–Kier alpha value is -1.88. The average Bonchev–Trinajstić information content (AvgIpc) is 2.62. The minimum atomic E-state index is -1.16. The largest absolute Gasteiger partial charge is 0.476 e. The maximum Gasteiger partial charge on any atom is 0.357 e. The molecule has 0 saturated heterocycles. The minimum Gasteiger partial charge on any atom is -0.476 e. The molecule has 2 aromatic rings. The van der Waals surface area contributed by atoms with Crippen LogP contribution in [0.3, 0.4) is 0 Å². The molecular weight excluding hydrogens is 218 g/mol. The highest BCUT2D eigenvalue weighted by Gasteiger charge is 2.15. The molecule has 76 valence electrons. The SMILES string of the molecule is O=C(O)c1nc(-c2ccncc2)[nH]c1Cl. The molecule has 0 saturated carbocycles. The summed E-state index contributed by atoms with van der Waals surface area (Å²) in [6.07, 6.45) is 3.18. The molecule has 0 radical (unpaired) electrons. The average molecular weight is 224 g/mol. The van der Waals surface area contributed by atoms with Crippen molar-refractivity contribution in [2.75, 3.05) is 0 Å². The third kappa shape index (κ3) is 1.82. The quantitative estimate of drug-likeness (QED) is 0.814. The number of carboxylic acid groups (broad SMARTS) is 1. The van der Waals surface area contributed by atoms with Crippen molar-refractivity contribution in [1.82, 2.24) is 15.0 Å². The summed E-state index contributed by atoms with van der Waals surface area (Å²) in [4.78, 5) is 21.1. The lowest BCUT2D eigenvalue weighted by atomic mass is 10.2. The lowest BCUT2D eigenvalue weighted by Gasteiger charge is -1.92. The first-order valence-electron chi connectivity index (χ1n) is 4.07. The van der Waals surface area contributed by atoms with Crippen LogP contribution in [0.5, 0.6) is 0 Å².